The predicted molar refractivity (Wildman–Crippen MR) is 100 cm³/mol. The summed E-state index contributed by atoms with van der Waals surface area (Å²) in [6.45, 7) is 3.99. The fourth-order valence-electron chi connectivity index (χ4n) is 2.69. The van der Waals surface area contributed by atoms with Gasteiger partial charge >= 0.3 is 0 Å². The zero-order chi connectivity index (χ0) is 16.7. The van der Waals surface area contributed by atoms with E-state index in [1.807, 2.05) is 44.2 Å². The van der Waals surface area contributed by atoms with E-state index in [4.69, 9.17) is 17.2 Å². The molecular formula is C17H13N5S2. The second-order valence-corrected chi connectivity index (χ2v) is 6.79. The Morgan fingerprint density at radius 3 is 2.71 bits per heavy atom. The van der Waals surface area contributed by atoms with Gasteiger partial charge in [0.15, 0.2) is 0 Å². The highest BCUT2D eigenvalue weighted by Gasteiger charge is 2.15. The number of benzene rings is 1. The van der Waals surface area contributed by atoms with Crippen LogP contribution in [0.2, 0.25) is 0 Å². The maximum absolute atomic E-state index is 5.33. The first kappa shape index (κ1) is 15.0. The molecule has 0 aliphatic carbocycles. The van der Waals surface area contributed by atoms with Crippen LogP contribution in [-0.4, -0.2) is 15.0 Å². The van der Waals surface area contributed by atoms with Gasteiger partial charge in [0.25, 0.3) is 0 Å². The van der Waals surface area contributed by atoms with Crippen molar-refractivity contribution >= 4 is 55.4 Å². The Hall–Kier alpha value is -2.51. The number of fused-ring (bicyclic) bond motifs is 3. The van der Waals surface area contributed by atoms with Crippen molar-refractivity contribution in [2.45, 2.75) is 13.8 Å². The molecule has 118 valence electrons. The Balaban J connectivity index is 1.96. The normalized spacial score (nSPS) is 11.8. The smallest absolute Gasteiger partial charge is 0.147 e. The number of hydrogen-bond donors (Lipinski definition) is 1. The predicted octanol–water partition coefficient (Wildman–Crippen LogP) is 5.93. The zero-order valence-corrected chi connectivity index (χ0v) is 14.7. The van der Waals surface area contributed by atoms with E-state index in [-0.39, 0.29) is 0 Å². The van der Waals surface area contributed by atoms with Crippen molar-refractivity contribution < 1.29 is 0 Å². The largest absolute Gasteiger partial charge is 0.344 e. The lowest BCUT2D eigenvalue weighted by atomic mass is 10.1. The highest BCUT2D eigenvalue weighted by molar-refractivity contribution is 7.71. The van der Waals surface area contributed by atoms with Crippen LogP contribution in [0.3, 0.4) is 0 Å². The molecule has 0 atom stereocenters. The van der Waals surface area contributed by atoms with Crippen LogP contribution >= 0.6 is 23.6 Å². The van der Waals surface area contributed by atoms with Crippen LogP contribution < -0.4 is 0 Å². The molecule has 0 amide bonds. The maximum Gasteiger partial charge on any atom is 0.147 e. The number of rotatable bonds is 2. The maximum atomic E-state index is 5.33. The number of pyridine rings is 1. The number of azo groups is 1. The topological polar surface area (TPSA) is 66.3 Å². The Morgan fingerprint density at radius 2 is 1.92 bits per heavy atom. The van der Waals surface area contributed by atoms with Crippen LogP contribution in [0.25, 0.3) is 20.4 Å². The van der Waals surface area contributed by atoms with E-state index in [9.17, 15) is 0 Å². The van der Waals surface area contributed by atoms with E-state index in [1.54, 1.807) is 17.7 Å². The highest BCUT2D eigenvalue weighted by Crippen LogP contribution is 2.38. The number of aryl methyl sites for hydroxylation is 2. The molecule has 0 spiro atoms. The quantitative estimate of drug-likeness (QED) is 0.359. The van der Waals surface area contributed by atoms with Crippen molar-refractivity contribution in [2.24, 2.45) is 10.2 Å². The number of H-pyrrole nitrogens is 1. The third-order valence-electron chi connectivity index (χ3n) is 3.84. The van der Waals surface area contributed by atoms with Gasteiger partial charge in [-0.15, -0.1) is 16.5 Å². The first-order valence-electron chi connectivity index (χ1n) is 7.39. The van der Waals surface area contributed by atoms with Gasteiger partial charge in [-0.25, -0.2) is 9.97 Å². The van der Waals surface area contributed by atoms with E-state index < -0.39 is 0 Å². The van der Waals surface area contributed by atoms with Crippen molar-refractivity contribution in [1.29, 1.82) is 0 Å². The van der Waals surface area contributed by atoms with Crippen molar-refractivity contribution in [1.82, 2.24) is 15.0 Å². The van der Waals surface area contributed by atoms with E-state index in [0.29, 0.717) is 4.64 Å². The summed E-state index contributed by atoms with van der Waals surface area (Å²) in [5.41, 5.74) is 4.47. The zero-order valence-electron chi connectivity index (χ0n) is 13.1. The summed E-state index contributed by atoms with van der Waals surface area (Å²) in [6, 6.07) is 9.67. The number of nitrogens with zero attached hydrogens (tertiary/aromatic N) is 4. The van der Waals surface area contributed by atoms with Gasteiger partial charge in [0.2, 0.25) is 0 Å². The van der Waals surface area contributed by atoms with Crippen LogP contribution in [-0.2, 0) is 0 Å². The fourth-order valence-corrected chi connectivity index (χ4v) is 4.11. The Morgan fingerprint density at radius 1 is 1.12 bits per heavy atom. The number of aromatic nitrogens is 3. The molecule has 0 bridgehead atoms. The molecule has 3 aromatic heterocycles. The van der Waals surface area contributed by atoms with Gasteiger partial charge in [0.05, 0.1) is 27.9 Å². The standard InChI is InChI=1S/C17H13N5S2/c1-9-12-14-15(16(23)19-8-18-14)24-17(12)20-10(2)13(9)22-21-11-6-4-3-5-7-11/h3-8H,1-2H3,(H,18,19,23). The lowest BCUT2D eigenvalue weighted by Gasteiger charge is -2.05. The van der Waals surface area contributed by atoms with Crippen molar-refractivity contribution in [3.05, 3.63) is 52.6 Å². The molecule has 0 aliphatic heterocycles. The molecule has 1 aromatic carbocycles. The van der Waals surface area contributed by atoms with Crippen LogP contribution in [0.15, 0.2) is 46.9 Å². The SMILES string of the molecule is Cc1nc2sc3c(=S)nc[nH]c3c2c(C)c1N=Nc1ccccc1. The van der Waals surface area contributed by atoms with Crippen molar-refractivity contribution in [2.75, 3.05) is 0 Å². The summed E-state index contributed by atoms with van der Waals surface area (Å²) in [7, 11) is 0. The second kappa shape index (κ2) is 5.85. The molecule has 4 aromatic rings. The van der Waals surface area contributed by atoms with E-state index in [0.717, 1.165) is 43.1 Å². The van der Waals surface area contributed by atoms with Gasteiger partial charge in [-0.05, 0) is 31.5 Å². The molecule has 0 saturated heterocycles. The molecular weight excluding hydrogens is 338 g/mol. The molecule has 5 nitrogen and oxygen atoms in total. The molecule has 1 N–H and O–H groups in total. The number of hydrogen-bond acceptors (Lipinski definition) is 6. The van der Waals surface area contributed by atoms with Gasteiger partial charge in [0, 0.05) is 5.39 Å². The molecule has 0 radical (unpaired) electrons. The fraction of sp³-hybridized carbons (Fsp3) is 0.118. The summed E-state index contributed by atoms with van der Waals surface area (Å²) in [5, 5.41) is 9.82. The van der Waals surface area contributed by atoms with Crippen LogP contribution in [0.5, 0.6) is 0 Å². The third-order valence-corrected chi connectivity index (χ3v) is 5.37. The summed E-state index contributed by atoms with van der Waals surface area (Å²) >= 11 is 6.89. The van der Waals surface area contributed by atoms with Gasteiger partial charge in [-0.3, -0.25) is 0 Å². The van der Waals surface area contributed by atoms with Crippen molar-refractivity contribution in [3.8, 4) is 0 Å². The Kier molecular flexibility index (Phi) is 3.66. The van der Waals surface area contributed by atoms with Gasteiger partial charge in [-0.1, -0.05) is 30.4 Å². The lowest BCUT2D eigenvalue weighted by molar-refractivity contribution is 1.15. The molecule has 0 aliphatic rings. The summed E-state index contributed by atoms with van der Waals surface area (Å²) in [6.07, 6.45) is 1.63. The minimum atomic E-state index is 0.594. The molecule has 0 unspecified atom stereocenters. The molecule has 7 heteroatoms. The van der Waals surface area contributed by atoms with E-state index >= 15 is 0 Å². The van der Waals surface area contributed by atoms with Gasteiger partial charge < -0.3 is 4.98 Å². The Bertz CT molecular complexity index is 1140. The second-order valence-electron chi connectivity index (χ2n) is 5.40. The minimum absolute atomic E-state index is 0.594. The lowest BCUT2D eigenvalue weighted by Crippen LogP contribution is -1.87. The van der Waals surface area contributed by atoms with E-state index in [1.165, 1.54) is 0 Å². The molecule has 0 saturated carbocycles. The number of aromatic amines is 1. The van der Waals surface area contributed by atoms with Crippen LogP contribution in [0.1, 0.15) is 11.3 Å². The molecule has 24 heavy (non-hydrogen) atoms. The van der Waals surface area contributed by atoms with Crippen LogP contribution in [0.4, 0.5) is 11.4 Å². The average Bonchev–Trinajstić information content (AvgIpc) is 2.95. The first-order chi connectivity index (χ1) is 11.6. The molecule has 4 rings (SSSR count). The van der Waals surface area contributed by atoms with Gasteiger partial charge in [-0.2, -0.15) is 5.11 Å². The summed E-state index contributed by atoms with van der Waals surface area (Å²) in [5.74, 6) is 0. The summed E-state index contributed by atoms with van der Waals surface area (Å²) in [4.78, 5) is 13.0. The first-order valence-corrected chi connectivity index (χ1v) is 8.61. The molecule has 3 heterocycles. The average molecular weight is 351 g/mol. The summed E-state index contributed by atoms with van der Waals surface area (Å²) < 4.78 is 1.55. The Labute approximate surface area is 147 Å². The monoisotopic (exact) mass is 351 g/mol. The third kappa shape index (κ3) is 2.42. The minimum Gasteiger partial charge on any atom is -0.344 e. The van der Waals surface area contributed by atoms with E-state index in [2.05, 4.69) is 20.2 Å². The highest BCUT2D eigenvalue weighted by atomic mass is 32.1. The van der Waals surface area contributed by atoms with Gasteiger partial charge in [0.1, 0.15) is 15.2 Å². The number of thiophene rings is 1. The number of nitrogens with one attached hydrogen (secondary N) is 1. The van der Waals surface area contributed by atoms with Crippen LogP contribution in [0, 0.1) is 18.5 Å². The van der Waals surface area contributed by atoms with Crippen molar-refractivity contribution in [3.63, 3.8) is 0 Å². The molecule has 0 fully saturated rings.